The third kappa shape index (κ3) is 4.63. The van der Waals surface area contributed by atoms with Gasteiger partial charge in [-0.15, -0.1) is 11.6 Å². The highest BCUT2D eigenvalue weighted by Gasteiger charge is 2.32. The van der Waals surface area contributed by atoms with Crippen molar-refractivity contribution in [3.8, 4) is 0 Å². The Morgan fingerprint density at radius 2 is 1.93 bits per heavy atom. The molecule has 0 N–H and O–H groups in total. The average molecular weight is 445 g/mol. The minimum Gasteiger partial charge on any atom is -0.343 e. The van der Waals surface area contributed by atoms with E-state index >= 15 is 0 Å². The predicted octanol–water partition coefficient (Wildman–Crippen LogP) is 4.29. The van der Waals surface area contributed by atoms with Gasteiger partial charge in [-0.05, 0) is 30.2 Å². The number of anilines is 1. The van der Waals surface area contributed by atoms with E-state index in [-0.39, 0.29) is 17.8 Å². The minimum absolute atomic E-state index is 0.0145. The number of rotatable bonds is 5. The summed E-state index contributed by atoms with van der Waals surface area (Å²) in [6.45, 7) is 3.97. The molecule has 1 saturated heterocycles. The Morgan fingerprint density at radius 3 is 2.63 bits per heavy atom. The van der Waals surface area contributed by atoms with Gasteiger partial charge < -0.3 is 9.80 Å². The first-order valence-electron chi connectivity index (χ1n) is 9.83. The third-order valence-electron chi connectivity index (χ3n) is 5.22. The van der Waals surface area contributed by atoms with Crippen LogP contribution in [0.3, 0.4) is 0 Å². The molecule has 1 aliphatic rings. The molecule has 8 heteroatoms. The number of halogens is 2. The maximum atomic E-state index is 13.1. The summed E-state index contributed by atoms with van der Waals surface area (Å²) in [5.41, 5.74) is 1.78. The lowest BCUT2D eigenvalue weighted by Crippen LogP contribution is -2.54. The summed E-state index contributed by atoms with van der Waals surface area (Å²) in [5, 5.41) is 0.167. The van der Waals surface area contributed by atoms with Crippen molar-refractivity contribution in [2.75, 3.05) is 24.5 Å². The van der Waals surface area contributed by atoms with Gasteiger partial charge in [0.1, 0.15) is 17.0 Å². The molecule has 0 spiro atoms. The van der Waals surface area contributed by atoms with Gasteiger partial charge in [-0.2, -0.15) is 4.37 Å². The van der Waals surface area contributed by atoms with Gasteiger partial charge in [-0.1, -0.05) is 42.5 Å². The van der Waals surface area contributed by atoms with Gasteiger partial charge in [0.05, 0.1) is 0 Å². The van der Waals surface area contributed by atoms with Gasteiger partial charge in [0, 0.05) is 43.6 Å². The monoisotopic (exact) mass is 444 g/mol. The van der Waals surface area contributed by atoms with E-state index < -0.39 is 5.38 Å². The van der Waals surface area contributed by atoms with Gasteiger partial charge in [-0.25, -0.2) is 9.37 Å². The highest BCUT2D eigenvalue weighted by molar-refractivity contribution is 7.09. The number of aromatic nitrogens is 2. The summed E-state index contributed by atoms with van der Waals surface area (Å²) in [7, 11) is 0. The van der Waals surface area contributed by atoms with Crippen LogP contribution in [0.25, 0.3) is 0 Å². The lowest BCUT2D eigenvalue weighted by molar-refractivity contribution is -0.133. The number of benzene rings is 2. The zero-order valence-electron chi connectivity index (χ0n) is 16.5. The van der Waals surface area contributed by atoms with Crippen LogP contribution < -0.4 is 4.90 Å². The molecule has 2 aromatic carbocycles. The largest absolute Gasteiger partial charge is 0.343 e. The van der Waals surface area contributed by atoms with Crippen LogP contribution in [0.15, 0.2) is 54.6 Å². The topological polar surface area (TPSA) is 49.3 Å². The molecular formula is C22H22ClFN4OS. The number of hydrogen-bond donors (Lipinski definition) is 0. The van der Waals surface area contributed by atoms with Gasteiger partial charge in [-0.3, -0.25) is 4.79 Å². The maximum absolute atomic E-state index is 13.1. The third-order valence-corrected chi connectivity index (χ3v) is 6.48. The molecule has 3 aromatic rings. The normalized spacial score (nSPS) is 17.8. The molecular weight excluding hydrogens is 423 g/mol. The van der Waals surface area contributed by atoms with Gasteiger partial charge in [0.25, 0.3) is 0 Å². The quantitative estimate of drug-likeness (QED) is 0.551. The number of carbonyl (C=O) groups is 1. The van der Waals surface area contributed by atoms with E-state index in [9.17, 15) is 9.18 Å². The van der Waals surface area contributed by atoms with Crippen LogP contribution in [-0.2, 0) is 11.2 Å². The van der Waals surface area contributed by atoms with Crippen LogP contribution >= 0.6 is 23.1 Å². The van der Waals surface area contributed by atoms with Crippen molar-refractivity contribution in [3.05, 3.63) is 77.4 Å². The number of alkyl halides is 1. The Labute approximate surface area is 184 Å². The highest BCUT2D eigenvalue weighted by atomic mass is 35.5. The Bertz CT molecular complexity index is 998. The van der Waals surface area contributed by atoms with E-state index in [1.54, 1.807) is 12.1 Å². The summed E-state index contributed by atoms with van der Waals surface area (Å²) in [6.07, 6.45) is 0.565. The Kier molecular flexibility index (Phi) is 6.29. The number of amides is 1. The average Bonchev–Trinajstić information content (AvgIpc) is 3.23. The van der Waals surface area contributed by atoms with Gasteiger partial charge in [0.2, 0.25) is 11.0 Å². The molecule has 30 heavy (non-hydrogen) atoms. The van der Waals surface area contributed by atoms with Crippen molar-refractivity contribution in [2.24, 2.45) is 0 Å². The Balaban J connectivity index is 1.38. The second-order valence-electron chi connectivity index (χ2n) is 7.40. The van der Waals surface area contributed by atoms with E-state index in [4.69, 9.17) is 11.6 Å². The van der Waals surface area contributed by atoms with Crippen LogP contribution in [0.1, 0.15) is 29.3 Å². The van der Waals surface area contributed by atoms with E-state index in [2.05, 4.69) is 14.3 Å². The standard InChI is InChI=1S/C22H22ClFN4OS/c1-15-14-27(11-12-28(15)21(29)20(23)17-5-3-2-4-6-17)22-25-19(26-30-22)13-16-7-9-18(24)10-8-16/h2-10,15,20H,11-14H2,1H3. The van der Waals surface area contributed by atoms with Crippen molar-refractivity contribution in [2.45, 2.75) is 24.8 Å². The smallest absolute Gasteiger partial charge is 0.245 e. The molecule has 5 nitrogen and oxygen atoms in total. The predicted molar refractivity (Wildman–Crippen MR) is 118 cm³/mol. The molecule has 1 aromatic heterocycles. The molecule has 0 saturated carbocycles. The fourth-order valence-corrected chi connectivity index (χ4v) is 4.59. The molecule has 0 radical (unpaired) electrons. The summed E-state index contributed by atoms with van der Waals surface area (Å²) in [5.74, 6) is 0.403. The zero-order chi connectivity index (χ0) is 21.1. The molecule has 0 aliphatic carbocycles. The van der Waals surface area contributed by atoms with Crippen molar-refractivity contribution in [1.82, 2.24) is 14.3 Å². The first kappa shape index (κ1) is 20.8. The molecule has 1 aliphatic heterocycles. The van der Waals surface area contributed by atoms with Crippen LogP contribution in [0.4, 0.5) is 9.52 Å². The highest BCUT2D eigenvalue weighted by Crippen LogP contribution is 2.27. The lowest BCUT2D eigenvalue weighted by atomic mass is 10.1. The Hall–Kier alpha value is -2.51. The summed E-state index contributed by atoms with van der Waals surface area (Å²) >= 11 is 7.80. The molecule has 2 heterocycles. The first-order valence-corrected chi connectivity index (χ1v) is 11.0. The summed E-state index contributed by atoms with van der Waals surface area (Å²) in [6, 6.07) is 15.8. The van der Waals surface area contributed by atoms with E-state index in [0.29, 0.717) is 26.1 Å². The fourth-order valence-electron chi connectivity index (χ4n) is 3.60. The van der Waals surface area contributed by atoms with E-state index in [1.807, 2.05) is 42.2 Å². The zero-order valence-corrected chi connectivity index (χ0v) is 18.1. The lowest BCUT2D eigenvalue weighted by Gasteiger charge is -2.40. The number of nitrogens with zero attached hydrogens (tertiary/aromatic N) is 4. The molecule has 2 atom stereocenters. The van der Waals surface area contributed by atoms with Crippen LogP contribution in [0.2, 0.25) is 0 Å². The summed E-state index contributed by atoms with van der Waals surface area (Å²) in [4.78, 5) is 21.6. The van der Waals surface area contributed by atoms with Crippen LogP contribution in [-0.4, -0.2) is 45.8 Å². The van der Waals surface area contributed by atoms with Crippen LogP contribution in [0, 0.1) is 5.82 Å². The Morgan fingerprint density at radius 1 is 1.20 bits per heavy atom. The first-order chi connectivity index (χ1) is 14.5. The van der Waals surface area contributed by atoms with Crippen LogP contribution in [0.5, 0.6) is 0 Å². The molecule has 156 valence electrons. The van der Waals surface area contributed by atoms with E-state index in [0.717, 1.165) is 22.1 Å². The van der Waals surface area contributed by atoms with Crippen molar-refractivity contribution < 1.29 is 9.18 Å². The minimum atomic E-state index is -0.677. The molecule has 2 unspecified atom stereocenters. The molecule has 1 amide bonds. The molecule has 1 fully saturated rings. The number of hydrogen-bond acceptors (Lipinski definition) is 5. The van der Waals surface area contributed by atoms with Gasteiger partial charge in [0.15, 0.2) is 0 Å². The van der Waals surface area contributed by atoms with Crippen molar-refractivity contribution in [3.63, 3.8) is 0 Å². The van der Waals surface area contributed by atoms with Crippen molar-refractivity contribution >= 4 is 34.2 Å². The number of piperazine rings is 1. The molecule has 4 rings (SSSR count). The molecule has 0 bridgehead atoms. The SMILES string of the molecule is CC1CN(c2nc(Cc3ccc(F)cc3)ns2)CCN1C(=O)C(Cl)c1ccccc1. The second-order valence-corrected chi connectivity index (χ2v) is 8.56. The van der Waals surface area contributed by atoms with E-state index in [1.165, 1.54) is 23.7 Å². The maximum Gasteiger partial charge on any atom is 0.245 e. The van der Waals surface area contributed by atoms with Crippen molar-refractivity contribution in [1.29, 1.82) is 0 Å². The summed E-state index contributed by atoms with van der Waals surface area (Å²) < 4.78 is 17.5. The number of carbonyl (C=O) groups excluding carboxylic acids is 1. The second kappa shape index (κ2) is 9.10. The fraction of sp³-hybridized carbons (Fsp3) is 0.318. The van der Waals surface area contributed by atoms with Gasteiger partial charge >= 0.3 is 0 Å².